The van der Waals surface area contributed by atoms with E-state index in [2.05, 4.69) is 23.9 Å². The molecule has 0 bridgehead atoms. The summed E-state index contributed by atoms with van der Waals surface area (Å²) in [6, 6.07) is 4.42. The molecule has 2 aromatic heterocycles. The molecular weight excluding hydrogens is 836 g/mol. The molecule has 334 valence electrons. The van der Waals surface area contributed by atoms with E-state index in [-0.39, 0.29) is 44.2 Å². The first-order valence-corrected chi connectivity index (χ1v) is 24.5. The Morgan fingerprint density at radius 1 is 1.06 bits per heavy atom. The molecule has 8 rings (SSSR count). The van der Waals surface area contributed by atoms with Crippen molar-refractivity contribution in [2.75, 3.05) is 26.7 Å². The van der Waals surface area contributed by atoms with Crippen LogP contribution in [-0.4, -0.2) is 108 Å². The number of sulfonamides is 1. The van der Waals surface area contributed by atoms with Crippen LogP contribution in [0.5, 0.6) is 11.5 Å². The van der Waals surface area contributed by atoms with Gasteiger partial charge in [0.15, 0.2) is 0 Å². The van der Waals surface area contributed by atoms with Gasteiger partial charge in [-0.3, -0.25) is 23.9 Å². The van der Waals surface area contributed by atoms with Crippen molar-refractivity contribution in [1.29, 1.82) is 0 Å². The second-order valence-electron chi connectivity index (χ2n) is 18.0. The molecule has 3 aromatic rings. The summed E-state index contributed by atoms with van der Waals surface area (Å²) in [7, 11) is -2.32. The second kappa shape index (κ2) is 17.9. The van der Waals surface area contributed by atoms with E-state index in [4.69, 9.17) is 19.4 Å². The van der Waals surface area contributed by atoms with Gasteiger partial charge >= 0.3 is 0 Å². The average Bonchev–Trinajstić information content (AvgIpc) is 4.12. The molecule has 14 nitrogen and oxygen atoms in total. The number of thiazole rings is 1. The van der Waals surface area contributed by atoms with Gasteiger partial charge in [0.25, 0.3) is 5.91 Å². The average molecular weight is 893 g/mol. The molecule has 2 saturated heterocycles. The number of carbonyl (C=O) groups excluding carboxylic acids is 4. The Labute approximate surface area is 366 Å². The minimum Gasteiger partial charge on any atom is -0.496 e. The zero-order valence-electron chi connectivity index (χ0n) is 35.9. The number of nitrogens with one attached hydrogen (secondary N) is 2. The van der Waals surface area contributed by atoms with Crippen LogP contribution in [0.15, 0.2) is 35.7 Å². The molecule has 5 aliphatic rings. The Morgan fingerprint density at radius 3 is 2.60 bits per heavy atom. The lowest BCUT2D eigenvalue weighted by molar-refractivity contribution is -0.146. The predicted octanol–water partition coefficient (Wildman–Crippen LogP) is 6.12. The Kier molecular flexibility index (Phi) is 12.7. The summed E-state index contributed by atoms with van der Waals surface area (Å²) in [5.41, 5.74) is 1.45. The Hall–Kier alpha value is -4.64. The highest BCUT2D eigenvalue weighted by Gasteiger charge is 2.62. The minimum absolute atomic E-state index is 0.000494. The van der Waals surface area contributed by atoms with Gasteiger partial charge in [-0.15, -0.1) is 11.3 Å². The molecule has 6 atom stereocenters. The van der Waals surface area contributed by atoms with Crippen molar-refractivity contribution in [2.24, 2.45) is 11.8 Å². The Bertz CT molecular complexity index is 2370. The summed E-state index contributed by atoms with van der Waals surface area (Å²) in [6.45, 7) is 6.47. The molecular formula is C45H57FN6O8S2. The number of ether oxygens (including phenoxy) is 2. The summed E-state index contributed by atoms with van der Waals surface area (Å²) in [4.78, 5) is 70.1. The number of hydrogen-bond donors (Lipinski definition) is 2. The number of rotatable bonds is 10. The molecule has 2 aliphatic carbocycles. The monoisotopic (exact) mass is 892 g/mol. The molecule has 5 heterocycles. The minimum atomic E-state index is -3.92. The number of carbonyl (C=O) groups is 4. The number of benzene rings is 1. The molecule has 2 N–H and O–H groups in total. The van der Waals surface area contributed by atoms with Crippen LogP contribution in [0.2, 0.25) is 0 Å². The van der Waals surface area contributed by atoms with Crippen molar-refractivity contribution in [3.05, 3.63) is 47.0 Å². The molecule has 62 heavy (non-hydrogen) atoms. The van der Waals surface area contributed by atoms with Gasteiger partial charge in [0.2, 0.25) is 27.7 Å². The molecule has 0 radical (unpaired) electrons. The Morgan fingerprint density at radius 2 is 1.87 bits per heavy atom. The van der Waals surface area contributed by atoms with Gasteiger partial charge in [-0.25, -0.2) is 22.8 Å². The predicted molar refractivity (Wildman–Crippen MR) is 233 cm³/mol. The lowest BCUT2D eigenvalue weighted by Crippen LogP contribution is -2.57. The van der Waals surface area contributed by atoms with Gasteiger partial charge < -0.3 is 24.6 Å². The lowest BCUT2D eigenvalue weighted by Gasteiger charge is -2.32. The summed E-state index contributed by atoms with van der Waals surface area (Å²) >= 11 is 1.48. The van der Waals surface area contributed by atoms with Crippen LogP contribution in [-0.2, 0) is 29.2 Å². The zero-order chi connectivity index (χ0) is 43.9. The fourth-order valence-electron chi connectivity index (χ4n) is 9.13. The molecule has 17 heteroatoms. The molecule has 4 amide bonds. The number of halogens is 1. The lowest BCUT2D eigenvalue weighted by atomic mass is 9.94. The van der Waals surface area contributed by atoms with Crippen LogP contribution >= 0.6 is 11.3 Å². The normalized spacial score (nSPS) is 27.7. The highest BCUT2D eigenvalue weighted by Crippen LogP contribution is 2.46. The summed E-state index contributed by atoms with van der Waals surface area (Å²) in [6.07, 6.45) is 7.33. The maximum Gasteiger partial charge on any atom is 0.259 e. The van der Waals surface area contributed by atoms with Crippen molar-refractivity contribution >= 4 is 55.9 Å². The number of methoxy groups -OCH3 is 1. The number of aromatic nitrogens is 2. The summed E-state index contributed by atoms with van der Waals surface area (Å²) < 4.78 is 55.2. The van der Waals surface area contributed by atoms with Crippen molar-refractivity contribution in [3.8, 4) is 22.2 Å². The number of alkyl halides is 1. The number of amides is 4. The van der Waals surface area contributed by atoms with Gasteiger partial charge in [0.1, 0.15) is 46.1 Å². The van der Waals surface area contributed by atoms with Crippen molar-refractivity contribution in [1.82, 2.24) is 29.8 Å². The van der Waals surface area contributed by atoms with E-state index in [0.717, 1.165) is 24.1 Å². The molecule has 4 fully saturated rings. The molecule has 2 unspecified atom stereocenters. The first-order valence-electron chi connectivity index (χ1n) is 22.0. The number of likely N-dealkylation sites (tertiary alicyclic amines) is 1. The molecule has 2 saturated carbocycles. The smallest absolute Gasteiger partial charge is 0.259 e. The standard InChI is InChI=1S/C45H57FN6O8S2/c1-26(2)35-25-61-42(48-35)34-21-38(33-16-17-37(59-4)27(3)40(33)47-34)60-31-20-36-41(54)49-45(44(56)50-62(57,58)32-14-15-32)22-29(45)12-9-7-5-6-8-11-28(43(55)52(36)24-31)19-39(53)51-18-10-13-30(46)23-51/h9,12,16-17,21,25-26,28-32,36H,5-8,10-11,13-15,18-20,22-24H2,1-4H3,(H,49,54)(H,50,56)/b12-9-/t28-,29-,30?,31-,36+,45?/m1/s1. The van der Waals surface area contributed by atoms with Gasteiger partial charge in [-0.05, 0) is 76.3 Å². The third-order valence-corrected chi connectivity index (χ3v) is 15.8. The van der Waals surface area contributed by atoms with Gasteiger partial charge in [0.05, 0.1) is 36.7 Å². The number of fused-ring (bicyclic) bond motifs is 3. The highest BCUT2D eigenvalue weighted by atomic mass is 32.2. The Balaban J connectivity index is 1.14. The topological polar surface area (TPSA) is 177 Å². The van der Waals surface area contributed by atoms with Crippen molar-refractivity contribution in [3.63, 3.8) is 0 Å². The number of aryl methyl sites for hydroxylation is 1. The van der Waals surface area contributed by atoms with Crippen LogP contribution in [0.1, 0.15) is 108 Å². The van der Waals surface area contributed by atoms with Crippen molar-refractivity contribution in [2.45, 2.75) is 133 Å². The fraction of sp³-hybridized carbons (Fsp3) is 0.600. The van der Waals surface area contributed by atoms with Gasteiger partial charge in [-0.1, -0.05) is 38.8 Å². The van der Waals surface area contributed by atoms with E-state index in [1.807, 2.05) is 42.7 Å². The van der Waals surface area contributed by atoms with E-state index in [1.54, 1.807) is 7.11 Å². The number of allylic oxidation sites excluding steroid dienone is 1. The number of piperidine rings is 1. The molecule has 3 aliphatic heterocycles. The van der Waals surface area contributed by atoms with Crippen molar-refractivity contribution < 1.29 is 41.5 Å². The first kappa shape index (κ1) is 44.0. The number of nitrogens with zero attached hydrogens (tertiary/aromatic N) is 4. The van der Waals surface area contributed by atoms with Crippen LogP contribution in [0.3, 0.4) is 0 Å². The SMILES string of the molecule is COc1ccc2c(O[C@@H]3C[C@H]4C(=O)NC5(C(=O)NS(=O)(=O)C6CC6)C[C@H]5/C=C\CCCCC[C@H](CC(=O)N5CCCC(F)C5)C(=O)N4C3)cc(-c3nc(C(C)C)cs3)nc2c1C. The number of hydrogen-bond acceptors (Lipinski definition) is 11. The second-order valence-corrected chi connectivity index (χ2v) is 20.8. The van der Waals surface area contributed by atoms with E-state index in [1.165, 1.54) is 21.1 Å². The van der Waals surface area contributed by atoms with E-state index < -0.39 is 68.7 Å². The third-order valence-electron chi connectivity index (χ3n) is 13.1. The van der Waals surface area contributed by atoms with E-state index in [9.17, 15) is 32.0 Å². The van der Waals surface area contributed by atoms with Crippen LogP contribution in [0, 0.1) is 18.8 Å². The summed E-state index contributed by atoms with van der Waals surface area (Å²) in [5, 5.41) is 5.71. The first-order chi connectivity index (χ1) is 29.7. The fourth-order valence-corrected chi connectivity index (χ4v) is 11.4. The van der Waals surface area contributed by atoms with Crippen LogP contribution < -0.4 is 19.5 Å². The maximum absolute atomic E-state index is 14.9. The van der Waals surface area contributed by atoms with E-state index >= 15 is 0 Å². The quantitative estimate of drug-likeness (QED) is 0.226. The summed E-state index contributed by atoms with van der Waals surface area (Å²) in [5.74, 6) is -1.98. The zero-order valence-corrected chi connectivity index (χ0v) is 37.5. The highest BCUT2D eigenvalue weighted by molar-refractivity contribution is 7.91. The largest absolute Gasteiger partial charge is 0.496 e. The van der Waals surface area contributed by atoms with Gasteiger partial charge in [-0.2, -0.15) is 0 Å². The number of pyridine rings is 1. The van der Waals surface area contributed by atoms with Gasteiger partial charge in [0, 0.05) is 53.6 Å². The van der Waals surface area contributed by atoms with E-state index in [0.29, 0.717) is 84.6 Å². The van der Waals surface area contributed by atoms with Crippen LogP contribution in [0.4, 0.5) is 4.39 Å². The van der Waals surface area contributed by atoms with Crippen LogP contribution in [0.25, 0.3) is 21.6 Å². The molecule has 1 aromatic carbocycles. The third kappa shape index (κ3) is 9.20. The molecule has 0 spiro atoms. The maximum atomic E-state index is 14.9.